The van der Waals surface area contributed by atoms with Crippen LogP contribution in [-0.4, -0.2) is 16.7 Å². The molecular formula is C18H16ClN3O2. The predicted octanol–water partition coefficient (Wildman–Crippen LogP) is 3.51. The normalized spacial score (nSPS) is 10.4. The number of nitrogens with zero attached hydrogens (tertiary/aromatic N) is 2. The molecule has 5 nitrogen and oxygen atoms in total. The minimum atomic E-state index is -0.215. The Bertz CT molecular complexity index is 874. The Hall–Kier alpha value is -2.79. The maximum Gasteiger partial charge on any atom is 0.297 e. The first-order valence-electron chi connectivity index (χ1n) is 7.38. The van der Waals surface area contributed by atoms with E-state index in [2.05, 4.69) is 10.3 Å². The SMILES string of the molecule is COc1ccc(CNc2nccn(-c3ccc(Cl)cc3)c2=O)cc1. The number of ether oxygens (including phenoxy) is 1. The lowest BCUT2D eigenvalue weighted by atomic mass is 10.2. The fourth-order valence-corrected chi connectivity index (χ4v) is 2.39. The number of aromatic nitrogens is 2. The standard InChI is InChI=1S/C18H16ClN3O2/c1-24-16-8-2-13(3-9-16)12-21-17-18(23)22(11-10-20-17)15-6-4-14(19)5-7-15/h2-11H,12H2,1H3,(H,20,21). The summed E-state index contributed by atoms with van der Waals surface area (Å²) in [6.07, 6.45) is 3.22. The third-order valence-corrected chi connectivity index (χ3v) is 3.82. The van der Waals surface area contributed by atoms with Gasteiger partial charge in [-0.1, -0.05) is 23.7 Å². The number of nitrogens with one attached hydrogen (secondary N) is 1. The summed E-state index contributed by atoms with van der Waals surface area (Å²) in [5.41, 5.74) is 1.55. The van der Waals surface area contributed by atoms with Crippen LogP contribution in [0, 0.1) is 0 Å². The molecule has 1 heterocycles. The third kappa shape index (κ3) is 3.58. The van der Waals surface area contributed by atoms with Crippen LogP contribution in [0.5, 0.6) is 5.75 Å². The summed E-state index contributed by atoms with van der Waals surface area (Å²) in [5, 5.41) is 3.70. The van der Waals surface area contributed by atoms with E-state index in [4.69, 9.17) is 16.3 Å². The van der Waals surface area contributed by atoms with Crippen LogP contribution in [0.4, 0.5) is 5.82 Å². The Labute approximate surface area is 144 Å². The van der Waals surface area contributed by atoms with Crippen LogP contribution in [-0.2, 0) is 6.54 Å². The summed E-state index contributed by atoms with van der Waals surface area (Å²) < 4.78 is 6.66. The number of methoxy groups -OCH3 is 1. The van der Waals surface area contributed by atoms with Crippen molar-refractivity contribution in [1.82, 2.24) is 9.55 Å². The van der Waals surface area contributed by atoms with Crippen molar-refractivity contribution in [2.45, 2.75) is 6.54 Å². The van der Waals surface area contributed by atoms with E-state index in [1.807, 2.05) is 24.3 Å². The molecule has 24 heavy (non-hydrogen) atoms. The van der Waals surface area contributed by atoms with Crippen molar-refractivity contribution < 1.29 is 4.74 Å². The van der Waals surface area contributed by atoms with Gasteiger partial charge in [0, 0.05) is 29.6 Å². The maximum atomic E-state index is 12.6. The summed E-state index contributed by atoms with van der Waals surface area (Å²) >= 11 is 5.89. The molecule has 0 unspecified atom stereocenters. The van der Waals surface area contributed by atoms with Crippen molar-refractivity contribution in [3.8, 4) is 11.4 Å². The molecule has 1 aromatic heterocycles. The van der Waals surface area contributed by atoms with Gasteiger partial charge >= 0.3 is 0 Å². The molecule has 0 aliphatic carbocycles. The van der Waals surface area contributed by atoms with Gasteiger partial charge in [-0.05, 0) is 42.0 Å². The van der Waals surface area contributed by atoms with Crippen molar-refractivity contribution in [3.63, 3.8) is 0 Å². The molecule has 1 N–H and O–H groups in total. The molecule has 0 bridgehead atoms. The molecule has 0 radical (unpaired) electrons. The summed E-state index contributed by atoms with van der Waals surface area (Å²) in [4.78, 5) is 16.7. The number of anilines is 1. The van der Waals surface area contributed by atoms with Crippen LogP contribution in [0.15, 0.2) is 65.7 Å². The fraction of sp³-hybridized carbons (Fsp3) is 0.111. The van der Waals surface area contributed by atoms with Gasteiger partial charge in [0.05, 0.1) is 7.11 Å². The van der Waals surface area contributed by atoms with Gasteiger partial charge in [-0.3, -0.25) is 9.36 Å². The Kier molecular flexibility index (Phi) is 4.82. The molecule has 0 atom stereocenters. The Balaban J connectivity index is 1.80. The average molecular weight is 342 g/mol. The summed E-state index contributed by atoms with van der Waals surface area (Å²) in [7, 11) is 1.63. The van der Waals surface area contributed by atoms with Gasteiger partial charge < -0.3 is 10.1 Å². The van der Waals surface area contributed by atoms with Gasteiger partial charge in [0.25, 0.3) is 5.56 Å². The topological polar surface area (TPSA) is 56.1 Å². The van der Waals surface area contributed by atoms with Gasteiger partial charge in [-0.15, -0.1) is 0 Å². The quantitative estimate of drug-likeness (QED) is 0.771. The van der Waals surface area contributed by atoms with E-state index in [-0.39, 0.29) is 5.56 Å². The van der Waals surface area contributed by atoms with Gasteiger partial charge in [0.15, 0.2) is 5.82 Å². The van der Waals surface area contributed by atoms with Gasteiger partial charge in [-0.2, -0.15) is 0 Å². The molecule has 6 heteroatoms. The maximum absolute atomic E-state index is 12.6. The summed E-state index contributed by atoms with van der Waals surface area (Å²) in [6, 6.07) is 14.7. The lowest BCUT2D eigenvalue weighted by Crippen LogP contribution is -2.23. The number of halogens is 1. The molecule has 0 saturated heterocycles. The van der Waals surface area contributed by atoms with Crippen LogP contribution in [0.1, 0.15) is 5.56 Å². The monoisotopic (exact) mass is 341 g/mol. The van der Waals surface area contributed by atoms with E-state index in [0.717, 1.165) is 17.0 Å². The van der Waals surface area contributed by atoms with Crippen LogP contribution in [0.25, 0.3) is 5.69 Å². The zero-order valence-electron chi connectivity index (χ0n) is 13.1. The molecule has 0 aliphatic rings. The van der Waals surface area contributed by atoms with Gasteiger partial charge in [-0.25, -0.2) is 4.98 Å². The molecule has 0 aliphatic heterocycles. The minimum Gasteiger partial charge on any atom is -0.497 e. The lowest BCUT2D eigenvalue weighted by Gasteiger charge is -2.09. The zero-order chi connectivity index (χ0) is 16.9. The molecule has 0 spiro atoms. The van der Waals surface area contributed by atoms with E-state index in [1.54, 1.807) is 43.8 Å². The number of hydrogen-bond acceptors (Lipinski definition) is 4. The first-order chi connectivity index (χ1) is 11.7. The zero-order valence-corrected chi connectivity index (χ0v) is 13.8. The van der Waals surface area contributed by atoms with Crippen LogP contribution in [0.2, 0.25) is 5.02 Å². The minimum absolute atomic E-state index is 0.215. The Morgan fingerprint density at radius 3 is 2.50 bits per heavy atom. The highest BCUT2D eigenvalue weighted by Gasteiger charge is 2.06. The smallest absolute Gasteiger partial charge is 0.297 e. The second-order valence-corrected chi connectivity index (χ2v) is 5.57. The van der Waals surface area contributed by atoms with Crippen molar-refractivity contribution >= 4 is 17.4 Å². The van der Waals surface area contributed by atoms with E-state index in [0.29, 0.717) is 17.4 Å². The second kappa shape index (κ2) is 7.19. The predicted molar refractivity (Wildman–Crippen MR) is 95.2 cm³/mol. The molecule has 3 rings (SSSR count). The summed E-state index contributed by atoms with van der Waals surface area (Å²) in [5.74, 6) is 1.09. The number of hydrogen-bond donors (Lipinski definition) is 1. The average Bonchev–Trinajstić information content (AvgIpc) is 2.62. The molecule has 0 amide bonds. The highest BCUT2D eigenvalue weighted by Crippen LogP contribution is 2.13. The molecule has 3 aromatic rings. The molecular weight excluding hydrogens is 326 g/mol. The van der Waals surface area contributed by atoms with E-state index in [1.165, 1.54) is 4.57 Å². The third-order valence-electron chi connectivity index (χ3n) is 3.56. The van der Waals surface area contributed by atoms with Crippen LogP contribution >= 0.6 is 11.6 Å². The van der Waals surface area contributed by atoms with E-state index in [9.17, 15) is 4.79 Å². The summed E-state index contributed by atoms with van der Waals surface area (Å²) in [6.45, 7) is 0.497. The number of rotatable bonds is 5. The van der Waals surface area contributed by atoms with Crippen molar-refractivity contribution in [1.29, 1.82) is 0 Å². The highest BCUT2D eigenvalue weighted by molar-refractivity contribution is 6.30. The first-order valence-corrected chi connectivity index (χ1v) is 7.75. The van der Waals surface area contributed by atoms with Crippen LogP contribution < -0.4 is 15.6 Å². The highest BCUT2D eigenvalue weighted by atomic mass is 35.5. The molecule has 0 saturated carbocycles. The Morgan fingerprint density at radius 1 is 1.12 bits per heavy atom. The van der Waals surface area contributed by atoms with Crippen molar-refractivity contribution in [3.05, 3.63) is 81.9 Å². The molecule has 0 fully saturated rings. The van der Waals surface area contributed by atoms with E-state index < -0.39 is 0 Å². The molecule has 2 aromatic carbocycles. The van der Waals surface area contributed by atoms with Gasteiger partial charge in [0.1, 0.15) is 5.75 Å². The molecule has 122 valence electrons. The first kappa shape index (κ1) is 16.1. The van der Waals surface area contributed by atoms with Crippen molar-refractivity contribution in [2.75, 3.05) is 12.4 Å². The van der Waals surface area contributed by atoms with Crippen LogP contribution in [0.3, 0.4) is 0 Å². The Morgan fingerprint density at radius 2 is 1.83 bits per heavy atom. The largest absolute Gasteiger partial charge is 0.497 e. The number of benzene rings is 2. The second-order valence-electron chi connectivity index (χ2n) is 5.13. The lowest BCUT2D eigenvalue weighted by molar-refractivity contribution is 0.414. The van der Waals surface area contributed by atoms with Gasteiger partial charge in [0.2, 0.25) is 0 Å². The van der Waals surface area contributed by atoms with Crippen molar-refractivity contribution in [2.24, 2.45) is 0 Å². The fourth-order valence-electron chi connectivity index (χ4n) is 2.27. The van der Waals surface area contributed by atoms with E-state index >= 15 is 0 Å².